The van der Waals surface area contributed by atoms with E-state index in [9.17, 15) is 8.42 Å². The molecule has 0 radical (unpaired) electrons. The lowest BCUT2D eigenvalue weighted by atomic mass is 10.1. The second-order valence-corrected chi connectivity index (χ2v) is 7.39. The summed E-state index contributed by atoms with van der Waals surface area (Å²) in [5.74, 6) is 0.201. The van der Waals surface area contributed by atoms with Crippen molar-refractivity contribution in [2.45, 2.75) is 31.2 Å². The van der Waals surface area contributed by atoms with Gasteiger partial charge in [-0.25, -0.2) is 23.1 Å². The molecule has 0 aliphatic rings. The van der Waals surface area contributed by atoms with Crippen LogP contribution in [0.5, 0.6) is 0 Å². The quantitative estimate of drug-likeness (QED) is 0.901. The van der Waals surface area contributed by atoms with Crippen LogP contribution in [-0.2, 0) is 10.0 Å². The molecule has 0 aliphatic heterocycles. The maximum absolute atomic E-state index is 12.2. The number of rotatable bonds is 3. The number of sulfonamides is 1. The SMILES string of the molecule is CC(C)(C)NS(=O)(=O)c1ccc(-c2cnc(N)nc2)cc1. The van der Waals surface area contributed by atoms with Gasteiger partial charge in [0.2, 0.25) is 16.0 Å². The summed E-state index contributed by atoms with van der Waals surface area (Å²) >= 11 is 0. The first-order valence-corrected chi connectivity index (χ1v) is 7.88. The summed E-state index contributed by atoms with van der Waals surface area (Å²) in [4.78, 5) is 8.04. The summed E-state index contributed by atoms with van der Waals surface area (Å²) in [6.45, 7) is 5.39. The lowest BCUT2D eigenvalue weighted by Gasteiger charge is -2.20. The number of benzene rings is 1. The molecule has 1 heterocycles. The monoisotopic (exact) mass is 306 g/mol. The zero-order chi connectivity index (χ0) is 15.7. The predicted octanol–water partition coefficient (Wildman–Crippen LogP) is 1.80. The lowest BCUT2D eigenvalue weighted by Crippen LogP contribution is -2.40. The highest BCUT2D eigenvalue weighted by Gasteiger charge is 2.21. The van der Waals surface area contributed by atoms with Crippen molar-refractivity contribution in [2.75, 3.05) is 5.73 Å². The molecule has 0 amide bonds. The van der Waals surface area contributed by atoms with Crippen molar-refractivity contribution >= 4 is 16.0 Å². The van der Waals surface area contributed by atoms with Crippen molar-refractivity contribution in [2.24, 2.45) is 0 Å². The van der Waals surface area contributed by atoms with E-state index in [0.717, 1.165) is 11.1 Å². The minimum absolute atomic E-state index is 0.201. The molecule has 7 heteroatoms. The Morgan fingerprint density at radius 1 is 1.00 bits per heavy atom. The van der Waals surface area contributed by atoms with Gasteiger partial charge >= 0.3 is 0 Å². The fourth-order valence-corrected chi connectivity index (χ4v) is 3.19. The van der Waals surface area contributed by atoms with Crippen molar-refractivity contribution in [1.29, 1.82) is 0 Å². The summed E-state index contributed by atoms with van der Waals surface area (Å²) in [7, 11) is -3.52. The second kappa shape index (κ2) is 5.42. The van der Waals surface area contributed by atoms with Gasteiger partial charge in [-0.1, -0.05) is 12.1 Å². The van der Waals surface area contributed by atoms with Gasteiger partial charge < -0.3 is 5.73 Å². The van der Waals surface area contributed by atoms with E-state index in [0.29, 0.717) is 0 Å². The minimum Gasteiger partial charge on any atom is -0.368 e. The van der Waals surface area contributed by atoms with E-state index in [4.69, 9.17) is 5.73 Å². The van der Waals surface area contributed by atoms with Crippen molar-refractivity contribution in [3.05, 3.63) is 36.7 Å². The zero-order valence-electron chi connectivity index (χ0n) is 12.2. The molecule has 0 bridgehead atoms. The number of nitrogens with two attached hydrogens (primary N) is 1. The molecule has 0 atom stereocenters. The lowest BCUT2D eigenvalue weighted by molar-refractivity contribution is 0.491. The number of nitrogens with one attached hydrogen (secondary N) is 1. The van der Waals surface area contributed by atoms with Gasteiger partial charge in [0.1, 0.15) is 0 Å². The molecular formula is C14H18N4O2S. The Bertz CT molecular complexity index is 717. The number of hydrogen-bond donors (Lipinski definition) is 2. The van der Waals surface area contributed by atoms with Crippen molar-refractivity contribution in [3.63, 3.8) is 0 Å². The van der Waals surface area contributed by atoms with Gasteiger partial charge in [0.15, 0.2) is 0 Å². The maximum Gasteiger partial charge on any atom is 0.241 e. The van der Waals surface area contributed by atoms with E-state index < -0.39 is 15.6 Å². The Labute approximate surface area is 124 Å². The van der Waals surface area contributed by atoms with Crippen molar-refractivity contribution in [1.82, 2.24) is 14.7 Å². The topological polar surface area (TPSA) is 98.0 Å². The molecular weight excluding hydrogens is 288 g/mol. The van der Waals surface area contributed by atoms with E-state index in [1.807, 2.05) is 0 Å². The van der Waals surface area contributed by atoms with Crippen LogP contribution in [0.2, 0.25) is 0 Å². The summed E-state index contributed by atoms with van der Waals surface area (Å²) in [6, 6.07) is 6.54. The van der Waals surface area contributed by atoms with Gasteiger partial charge in [-0.3, -0.25) is 0 Å². The van der Waals surface area contributed by atoms with Crippen molar-refractivity contribution < 1.29 is 8.42 Å². The second-order valence-electron chi connectivity index (χ2n) is 5.71. The molecule has 0 unspecified atom stereocenters. The van der Waals surface area contributed by atoms with Crippen LogP contribution < -0.4 is 10.5 Å². The summed E-state index contributed by atoms with van der Waals surface area (Å²) < 4.78 is 27.0. The first-order valence-electron chi connectivity index (χ1n) is 6.39. The van der Waals surface area contributed by atoms with Crippen molar-refractivity contribution in [3.8, 4) is 11.1 Å². The van der Waals surface area contributed by atoms with E-state index in [-0.39, 0.29) is 10.8 Å². The third-order valence-electron chi connectivity index (χ3n) is 2.61. The molecule has 3 N–H and O–H groups in total. The average Bonchev–Trinajstić information content (AvgIpc) is 2.37. The minimum atomic E-state index is -3.52. The Morgan fingerprint density at radius 3 is 2.00 bits per heavy atom. The predicted molar refractivity (Wildman–Crippen MR) is 82.0 cm³/mol. The van der Waals surface area contributed by atoms with Crippen LogP contribution in [-0.4, -0.2) is 23.9 Å². The van der Waals surface area contributed by atoms with E-state index >= 15 is 0 Å². The summed E-state index contributed by atoms with van der Waals surface area (Å²) in [5.41, 5.74) is 6.51. The molecule has 0 aliphatic carbocycles. The molecule has 2 aromatic rings. The van der Waals surface area contributed by atoms with E-state index in [1.54, 1.807) is 57.4 Å². The van der Waals surface area contributed by atoms with Gasteiger partial charge in [-0.2, -0.15) is 0 Å². The third kappa shape index (κ3) is 3.99. The van der Waals surface area contributed by atoms with E-state index in [1.165, 1.54) is 0 Å². The Hall–Kier alpha value is -1.99. The Morgan fingerprint density at radius 2 is 1.52 bits per heavy atom. The number of nitrogen functional groups attached to an aromatic ring is 1. The maximum atomic E-state index is 12.2. The Kier molecular flexibility index (Phi) is 3.97. The molecule has 1 aromatic heterocycles. The number of nitrogens with zero attached hydrogens (tertiary/aromatic N) is 2. The number of anilines is 1. The molecule has 2 rings (SSSR count). The highest BCUT2D eigenvalue weighted by Crippen LogP contribution is 2.21. The van der Waals surface area contributed by atoms with Gasteiger partial charge in [0.05, 0.1) is 4.90 Å². The normalized spacial score (nSPS) is 12.3. The van der Waals surface area contributed by atoms with Gasteiger partial charge in [0, 0.05) is 23.5 Å². The first-order chi connectivity index (χ1) is 9.67. The molecule has 6 nitrogen and oxygen atoms in total. The van der Waals surface area contributed by atoms with Crippen LogP contribution in [0.3, 0.4) is 0 Å². The molecule has 112 valence electrons. The largest absolute Gasteiger partial charge is 0.368 e. The zero-order valence-corrected chi connectivity index (χ0v) is 13.0. The third-order valence-corrected chi connectivity index (χ3v) is 4.38. The summed E-state index contributed by atoms with van der Waals surface area (Å²) in [5, 5.41) is 0. The number of hydrogen-bond acceptors (Lipinski definition) is 5. The molecule has 0 saturated heterocycles. The average molecular weight is 306 g/mol. The number of aromatic nitrogens is 2. The highest BCUT2D eigenvalue weighted by atomic mass is 32.2. The molecule has 1 aromatic carbocycles. The Balaban J connectivity index is 2.29. The van der Waals surface area contributed by atoms with Crippen LogP contribution in [0.25, 0.3) is 11.1 Å². The van der Waals surface area contributed by atoms with Crippen LogP contribution in [0.15, 0.2) is 41.6 Å². The van der Waals surface area contributed by atoms with Gasteiger partial charge in [-0.05, 0) is 38.5 Å². The van der Waals surface area contributed by atoms with Crippen LogP contribution in [0.1, 0.15) is 20.8 Å². The van der Waals surface area contributed by atoms with Crippen LogP contribution >= 0.6 is 0 Å². The standard InChI is InChI=1S/C14H18N4O2S/c1-14(2,3)18-21(19,20)12-6-4-10(5-7-12)11-8-16-13(15)17-9-11/h4-9,18H,1-3H3,(H2,15,16,17). The van der Waals surface area contributed by atoms with Crippen LogP contribution in [0, 0.1) is 0 Å². The van der Waals surface area contributed by atoms with E-state index in [2.05, 4.69) is 14.7 Å². The molecule has 0 fully saturated rings. The smallest absolute Gasteiger partial charge is 0.241 e. The summed E-state index contributed by atoms with van der Waals surface area (Å²) in [6.07, 6.45) is 3.19. The molecule has 21 heavy (non-hydrogen) atoms. The molecule has 0 saturated carbocycles. The fourth-order valence-electron chi connectivity index (χ4n) is 1.78. The van der Waals surface area contributed by atoms with Gasteiger partial charge in [0.25, 0.3) is 0 Å². The first kappa shape index (κ1) is 15.4. The fraction of sp³-hybridized carbons (Fsp3) is 0.286. The van der Waals surface area contributed by atoms with Crippen LogP contribution in [0.4, 0.5) is 5.95 Å². The molecule has 0 spiro atoms. The van der Waals surface area contributed by atoms with Gasteiger partial charge in [-0.15, -0.1) is 0 Å². The highest BCUT2D eigenvalue weighted by molar-refractivity contribution is 7.89.